The van der Waals surface area contributed by atoms with Crippen molar-refractivity contribution in [3.05, 3.63) is 94.3 Å². The molecule has 0 saturated carbocycles. The lowest BCUT2D eigenvalue weighted by molar-refractivity contribution is 0.300. The summed E-state index contributed by atoms with van der Waals surface area (Å²) in [6.45, 7) is 1.56. The van der Waals surface area contributed by atoms with Crippen LogP contribution in [0.5, 0.6) is 5.75 Å². The third-order valence-electron chi connectivity index (χ3n) is 5.17. The van der Waals surface area contributed by atoms with Crippen LogP contribution in [0, 0.1) is 17.5 Å². The van der Waals surface area contributed by atoms with Gasteiger partial charge in [-0.1, -0.05) is 18.2 Å². The van der Waals surface area contributed by atoms with Gasteiger partial charge in [-0.15, -0.1) is 0 Å². The first-order chi connectivity index (χ1) is 17.3. The summed E-state index contributed by atoms with van der Waals surface area (Å²) in [5.41, 5.74) is 1.22. The van der Waals surface area contributed by atoms with E-state index in [1.165, 1.54) is 16.8 Å². The van der Waals surface area contributed by atoms with Gasteiger partial charge in [0.2, 0.25) is 0 Å². The predicted molar refractivity (Wildman–Crippen MR) is 137 cm³/mol. The second-order valence-corrected chi connectivity index (χ2v) is 9.59. The Labute approximate surface area is 219 Å². The van der Waals surface area contributed by atoms with Gasteiger partial charge in [0.25, 0.3) is 5.56 Å². The molecular weight excluding hydrogens is 586 g/mol. The molecule has 0 saturated heterocycles. The largest absolute Gasteiger partial charge is 0.490 e. The molecular formula is C25H21F3IN5O2. The Morgan fingerprint density at radius 3 is 2.42 bits per heavy atom. The molecule has 0 unspecified atom stereocenters. The minimum Gasteiger partial charge on any atom is -0.490 e. The van der Waals surface area contributed by atoms with Gasteiger partial charge in [-0.05, 0) is 43.3 Å². The molecule has 0 aliphatic carbocycles. The van der Waals surface area contributed by atoms with Crippen LogP contribution in [0.3, 0.4) is 0 Å². The molecule has 186 valence electrons. The first kappa shape index (κ1) is 25.8. The number of halogens is 4. The second kappa shape index (κ2) is 11.6. The minimum absolute atomic E-state index is 0.0194. The van der Waals surface area contributed by atoms with Gasteiger partial charge in [-0.3, -0.25) is 7.91 Å². The van der Waals surface area contributed by atoms with Crippen molar-refractivity contribution in [3.8, 4) is 28.4 Å². The van der Waals surface area contributed by atoms with Gasteiger partial charge in [-0.25, -0.2) is 27.8 Å². The van der Waals surface area contributed by atoms with Crippen LogP contribution >= 0.6 is 22.9 Å². The van der Waals surface area contributed by atoms with Gasteiger partial charge < -0.3 is 4.74 Å². The van der Waals surface area contributed by atoms with Crippen molar-refractivity contribution in [1.29, 1.82) is 0 Å². The van der Waals surface area contributed by atoms with Crippen molar-refractivity contribution in [1.82, 2.24) is 22.9 Å². The molecule has 2 aromatic heterocycles. The van der Waals surface area contributed by atoms with E-state index in [9.17, 15) is 18.0 Å². The minimum atomic E-state index is -1.56. The quantitative estimate of drug-likeness (QED) is 0.117. The van der Waals surface area contributed by atoms with E-state index in [2.05, 4.69) is 41.0 Å². The molecule has 0 spiro atoms. The number of benzene rings is 2. The monoisotopic (exact) mass is 607 g/mol. The third-order valence-corrected chi connectivity index (χ3v) is 5.65. The van der Waals surface area contributed by atoms with Crippen molar-refractivity contribution in [2.24, 2.45) is 0 Å². The van der Waals surface area contributed by atoms with Gasteiger partial charge in [0.1, 0.15) is 0 Å². The number of rotatable bonds is 9. The normalized spacial score (nSPS) is 11.2. The molecule has 0 atom stereocenters. The number of nitrogens with zero attached hydrogens (tertiary/aromatic N) is 5. The summed E-state index contributed by atoms with van der Waals surface area (Å²) in [4.78, 5) is 21.1. The first-order valence-corrected chi connectivity index (χ1v) is 11.9. The Kier molecular flexibility index (Phi) is 8.31. The van der Waals surface area contributed by atoms with Gasteiger partial charge in [0.05, 0.1) is 31.2 Å². The zero-order chi connectivity index (χ0) is 25.7. The van der Waals surface area contributed by atoms with Crippen molar-refractivity contribution < 1.29 is 17.9 Å². The van der Waals surface area contributed by atoms with E-state index in [4.69, 9.17) is 4.74 Å². The molecule has 0 N–H and O–H groups in total. The topological polar surface area (TPSA) is 73.1 Å². The Bertz CT molecular complexity index is 1390. The van der Waals surface area contributed by atoms with Crippen LogP contribution in [0.25, 0.3) is 22.6 Å². The van der Waals surface area contributed by atoms with Crippen LogP contribution in [0.4, 0.5) is 13.2 Å². The fourth-order valence-electron chi connectivity index (χ4n) is 3.41. The van der Waals surface area contributed by atoms with E-state index in [1.807, 2.05) is 25.2 Å². The summed E-state index contributed by atoms with van der Waals surface area (Å²) in [7, 11) is 1.99. The van der Waals surface area contributed by atoms with Crippen molar-refractivity contribution in [3.63, 3.8) is 0 Å². The van der Waals surface area contributed by atoms with Crippen LogP contribution in [-0.4, -0.2) is 43.1 Å². The molecule has 0 bridgehead atoms. The van der Waals surface area contributed by atoms with Gasteiger partial charge in [-0.2, -0.15) is 5.10 Å². The molecule has 0 amide bonds. The number of hydrogen-bond acceptors (Lipinski definition) is 6. The van der Waals surface area contributed by atoms with Crippen molar-refractivity contribution >= 4 is 22.9 Å². The molecule has 0 aliphatic rings. The second-order valence-electron chi connectivity index (χ2n) is 7.94. The van der Waals surface area contributed by atoms with Gasteiger partial charge >= 0.3 is 0 Å². The zero-order valence-corrected chi connectivity index (χ0v) is 21.3. The SMILES string of the molecule is CN(I)CCCOc1cnc(-c2cccc(Cn3nc(-c4cc(F)c(F)c(F)c4)ccc3=O)c2)nc1. The Hall–Kier alpha value is -3.32. The Morgan fingerprint density at radius 2 is 1.72 bits per heavy atom. The predicted octanol–water partition coefficient (Wildman–Crippen LogP) is 4.88. The standard InChI is InChI=1S/C25H21F3IN5O2/c1-33(29)8-3-9-36-19-13-30-25(31-14-19)17-5-2-4-16(10-17)15-34-23(35)7-6-22(32-34)18-11-20(26)24(28)21(27)12-18/h2,4-7,10-14H,3,8-9,15H2,1H3. The molecule has 0 radical (unpaired) electrons. The number of hydrogen-bond donors (Lipinski definition) is 0. The van der Waals surface area contributed by atoms with Crippen molar-refractivity contribution in [2.75, 3.05) is 20.2 Å². The van der Waals surface area contributed by atoms with Gasteiger partial charge in [0, 0.05) is 46.6 Å². The highest BCUT2D eigenvalue weighted by Crippen LogP contribution is 2.22. The number of ether oxygens (including phenoxy) is 1. The summed E-state index contributed by atoms with van der Waals surface area (Å²) in [5, 5.41) is 4.21. The van der Waals surface area contributed by atoms with Crippen LogP contribution in [0.1, 0.15) is 12.0 Å². The molecule has 11 heteroatoms. The maximum Gasteiger partial charge on any atom is 0.267 e. The number of aromatic nitrogens is 4. The fraction of sp³-hybridized carbons (Fsp3) is 0.200. The summed E-state index contributed by atoms with van der Waals surface area (Å²) >= 11 is 2.22. The summed E-state index contributed by atoms with van der Waals surface area (Å²) in [6.07, 6.45) is 4.10. The molecule has 2 aromatic carbocycles. The highest BCUT2D eigenvalue weighted by atomic mass is 127. The fourth-order valence-corrected chi connectivity index (χ4v) is 3.75. The summed E-state index contributed by atoms with van der Waals surface area (Å²) < 4.78 is 49.5. The molecule has 4 rings (SSSR count). The van der Waals surface area contributed by atoms with E-state index in [-0.39, 0.29) is 17.8 Å². The maximum atomic E-state index is 13.7. The van der Waals surface area contributed by atoms with E-state index in [0.29, 0.717) is 18.2 Å². The smallest absolute Gasteiger partial charge is 0.267 e. The van der Waals surface area contributed by atoms with E-state index in [1.54, 1.807) is 18.5 Å². The van der Waals surface area contributed by atoms with E-state index in [0.717, 1.165) is 36.2 Å². The molecule has 7 nitrogen and oxygen atoms in total. The van der Waals surface area contributed by atoms with E-state index >= 15 is 0 Å². The Morgan fingerprint density at radius 1 is 1.00 bits per heavy atom. The lowest BCUT2D eigenvalue weighted by Crippen LogP contribution is -2.22. The lowest BCUT2D eigenvalue weighted by Gasteiger charge is -2.10. The van der Waals surface area contributed by atoms with Crippen LogP contribution in [0.15, 0.2) is 65.7 Å². The summed E-state index contributed by atoms with van der Waals surface area (Å²) in [6, 6.07) is 11.5. The van der Waals surface area contributed by atoms with E-state index < -0.39 is 23.0 Å². The average molecular weight is 607 g/mol. The lowest BCUT2D eigenvalue weighted by atomic mass is 10.1. The molecule has 36 heavy (non-hydrogen) atoms. The molecule has 2 heterocycles. The molecule has 4 aromatic rings. The highest BCUT2D eigenvalue weighted by Gasteiger charge is 2.13. The van der Waals surface area contributed by atoms with Gasteiger partial charge in [0.15, 0.2) is 29.0 Å². The average Bonchev–Trinajstić information content (AvgIpc) is 2.86. The van der Waals surface area contributed by atoms with Crippen molar-refractivity contribution in [2.45, 2.75) is 13.0 Å². The molecule has 0 fully saturated rings. The highest BCUT2D eigenvalue weighted by molar-refractivity contribution is 14.1. The zero-order valence-electron chi connectivity index (χ0n) is 19.2. The third kappa shape index (κ3) is 6.46. The summed E-state index contributed by atoms with van der Waals surface area (Å²) in [5.74, 6) is -3.16. The maximum absolute atomic E-state index is 13.7. The Balaban J connectivity index is 1.50. The van der Waals surface area contributed by atoms with Crippen LogP contribution < -0.4 is 10.3 Å². The molecule has 0 aliphatic heterocycles. The first-order valence-electron chi connectivity index (χ1n) is 10.9. The van der Waals surface area contributed by atoms with Crippen LogP contribution in [0.2, 0.25) is 0 Å². The van der Waals surface area contributed by atoms with Crippen LogP contribution in [-0.2, 0) is 6.54 Å².